The summed E-state index contributed by atoms with van der Waals surface area (Å²) in [5.74, 6) is -0.0121. The van der Waals surface area contributed by atoms with E-state index in [1.807, 2.05) is 26.0 Å². The third-order valence-corrected chi connectivity index (χ3v) is 5.28. The molecule has 4 rings (SSSR count). The lowest BCUT2D eigenvalue weighted by Gasteiger charge is -2.23. The number of ether oxygens (including phenoxy) is 1. The van der Waals surface area contributed by atoms with Gasteiger partial charge in [0.15, 0.2) is 0 Å². The van der Waals surface area contributed by atoms with E-state index in [4.69, 9.17) is 4.74 Å². The van der Waals surface area contributed by atoms with Crippen molar-refractivity contribution >= 4 is 17.6 Å². The lowest BCUT2D eigenvalue weighted by Crippen LogP contribution is -2.35. The maximum Gasteiger partial charge on any atom is 0.310 e. The molecular weight excluding hydrogens is 266 g/mol. The first kappa shape index (κ1) is 12.9. The van der Waals surface area contributed by atoms with Crippen LogP contribution in [0.4, 0.5) is 5.69 Å². The molecule has 0 unspecified atom stereocenters. The van der Waals surface area contributed by atoms with Crippen molar-refractivity contribution in [2.45, 2.75) is 32.8 Å². The van der Waals surface area contributed by atoms with E-state index in [1.54, 1.807) is 0 Å². The fourth-order valence-electron chi connectivity index (χ4n) is 4.64. The van der Waals surface area contributed by atoms with Crippen molar-refractivity contribution < 1.29 is 14.3 Å². The fourth-order valence-corrected chi connectivity index (χ4v) is 4.64. The van der Waals surface area contributed by atoms with Gasteiger partial charge < -0.3 is 10.1 Å². The minimum Gasteiger partial charge on any atom is -0.462 e. The molecule has 1 aliphatic heterocycles. The Labute approximate surface area is 123 Å². The molecule has 0 radical (unpaired) electrons. The van der Waals surface area contributed by atoms with Crippen LogP contribution in [0, 0.1) is 37.5 Å². The number of fused-ring (bicyclic) bond motifs is 1. The number of rotatable bonds is 2. The zero-order valence-corrected chi connectivity index (χ0v) is 12.3. The quantitative estimate of drug-likeness (QED) is 0.849. The maximum absolute atomic E-state index is 12.6. The van der Waals surface area contributed by atoms with E-state index in [0.717, 1.165) is 29.7 Å². The summed E-state index contributed by atoms with van der Waals surface area (Å²) in [6.07, 6.45) is 1.90. The molecule has 4 nitrogen and oxygen atoms in total. The van der Waals surface area contributed by atoms with Gasteiger partial charge in [0.1, 0.15) is 6.10 Å². The number of carbonyl (C=O) groups is 2. The Morgan fingerprint density at radius 1 is 1.19 bits per heavy atom. The number of nitrogens with one attached hydrogen (secondary N) is 1. The molecule has 1 saturated heterocycles. The van der Waals surface area contributed by atoms with Gasteiger partial charge in [-0.2, -0.15) is 0 Å². The van der Waals surface area contributed by atoms with Crippen LogP contribution in [-0.4, -0.2) is 18.0 Å². The summed E-state index contributed by atoms with van der Waals surface area (Å²) < 4.78 is 5.39. The average molecular weight is 285 g/mol. The highest BCUT2D eigenvalue weighted by Gasteiger charge is 2.63. The summed E-state index contributed by atoms with van der Waals surface area (Å²) in [6.45, 7) is 4.03. The molecule has 21 heavy (non-hydrogen) atoms. The predicted molar refractivity (Wildman–Crippen MR) is 77.6 cm³/mol. The second kappa shape index (κ2) is 4.33. The molecule has 2 bridgehead atoms. The Morgan fingerprint density at radius 3 is 2.62 bits per heavy atom. The molecule has 1 aromatic rings. The van der Waals surface area contributed by atoms with Gasteiger partial charge in [-0.15, -0.1) is 0 Å². The maximum atomic E-state index is 12.6. The molecule has 3 aliphatic rings. The number of hydrogen-bond acceptors (Lipinski definition) is 3. The van der Waals surface area contributed by atoms with Crippen molar-refractivity contribution in [2.24, 2.45) is 23.7 Å². The Morgan fingerprint density at radius 2 is 1.90 bits per heavy atom. The van der Waals surface area contributed by atoms with Gasteiger partial charge in [0.05, 0.1) is 11.8 Å². The number of esters is 1. The standard InChI is InChI=1S/C17H19NO3/c1-8-3-9(2)5-11(4-8)18-16(19)14-10-6-12-13(7-10)21-17(20)15(12)14/h3-5,10,12-15H,6-7H2,1-2H3,(H,18,19)/t10-,12+,13+,14-,15-/m1/s1. The van der Waals surface area contributed by atoms with E-state index in [0.29, 0.717) is 5.92 Å². The molecular formula is C17H19NO3. The summed E-state index contributed by atoms with van der Waals surface area (Å²) in [5.41, 5.74) is 3.07. The Hall–Kier alpha value is -1.84. The number of benzene rings is 1. The lowest BCUT2D eigenvalue weighted by molar-refractivity contribution is -0.145. The fraction of sp³-hybridized carbons (Fsp3) is 0.529. The van der Waals surface area contributed by atoms with Crippen LogP contribution in [0.25, 0.3) is 0 Å². The number of amides is 1. The zero-order chi connectivity index (χ0) is 14.7. The van der Waals surface area contributed by atoms with E-state index in [1.165, 1.54) is 0 Å². The summed E-state index contributed by atoms with van der Waals surface area (Å²) in [7, 11) is 0. The van der Waals surface area contributed by atoms with Crippen LogP contribution in [0.3, 0.4) is 0 Å². The van der Waals surface area contributed by atoms with Gasteiger partial charge in [-0.05, 0) is 55.9 Å². The number of anilines is 1. The van der Waals surface area contributed by atoms with Gasteiger partial charge in [0.25, 0.3) is 0 Å². The van der Waals surface area contributed by atoms with Crippen LogP contribution < -0.4 is 5.32 Å². The second-order valence-corrected chi connectivity index (χ2v) is 6.79. The van der Waals surface area contributed by atoms with Crippen LogP contribution in [0.15, 0.2) is 18.2 Å². The average Bonchev–Trinajstić information content (AvgIpc) is 2.97. The highest BCUT2D eigenvalue weighted by atomic mass is 16.6. The molecule has 5 atom stereocenters. The predicted octanol–water partition coefficient (Wildman–Crippen LogP) is 2.44. The third-order valence-electron chi connectivity index (χ3n) is 5.28. The molecule has 1 N–H and O–H groups in total. The van der Waals surface area contributed by atoms with E-state index in [-0.39, 0.29) is 35.7 Å². The number of carbonyl (C=O) groups excluding carboxylic acids is 2. The van der Waals surface area contributed by atoms with Crippen LogP contribution in [0.2, 0.25) is 0 Å². The minimum atomic E-state index is -0.209. The van der Waals surface area contributed by atoms with Crippen molar-refractivity contribution in [2.75, 3.05) is 5.32 Å². The first-order valence-electron chi connectivity index (χ1n) is 7.62. The van der Waals surface area contributed by atoms with E-state index in [9.17, 15) is 9.59 Å². The molecule has 0 spiro atoms. The SMILES string of the molecule is Cc1cc(C)cc(NC(=O)[C@@H]2[C@@H]3C[C@@H]4[C@H]2C(=O)O[C@H]4C3)c1. The number of hydrogen-bond donors (Lipinski definition) is 1. The molecule has 2 aliphatic carbocycles. The molecule has 0 aromatic heterocycles. The lowest BCUT2D eigenvalue weighted by atomic mass is 9.79. The van der Waals surface area contributed by atoms with Crippen LogP contribution >= 0.6 is 0 Å². The van der Waals surface area contributed by atoms with Crippen LogP contribution in [0.5, 0.6) is 0 Å². The zero-order valence-electron chi connectivity index (χ0n) is 12.3. The van der Waals surface area contributed by atoms with Crippen molar-refractivity contribution in [3.8, 4) is 0 Å². The molecule has 2 saturated carbocycles. The molecule has 4 heteroatoms. The topological polar surface area (TPSA) is 55.4 Å². The molecule has 110 valence electrons. The van der Waals surface area contributed by atoms with E-state index in [2.05, 4.69) is 11.4 Å². The van der Waals surface area contributed by atoms with Gasteiger partial charge in [0, 0.05) is 11.6 Å². The van der Waals surface area contributed by atoms with E-state index < -0.39 is 0 Å². The van der Waals surface area contributed by atoms with Gasteiger partial charge in [-0.3, -0.25) is 9.59 Å². The summed E-state index contributed by atoms with van der Waals surface area (Å²) in [4.78, 5) is 24.6. The first-order chi connectivity index (χ1) is 10.0. The molecule has 1 heterocycles. The van der Waals surface area contributed by atoms with Gasteiger partial charge in [0.2, 0.25) is 5.91 Å². The van der Waals surface area contributed by atoms with Crippen molar-refractivity contribution in [1.29, 1.82) is 0 Å². The highest BCUT2D eigenvalue weighted by molar-refractivity contribution is 5.97. The Bertz CT molecular complexity index is 617. The van der Waals surface area contributed by atoms with Crippen molar-refractivity contribution in [1.82, 2.24) is 0 Å². The first-order valence-corrected chi connectivity index (χ1v) is 7.62. The largest absolute Gasteiger partial charge is 0.462 e. The number of aryl methyl sites for hydroxylation is 2. The van der Waals surface area contributed by atoms with E-state index >= 15 is 0 Å². The van der Waals surface area contributed by atoms with Crippen LogP contribution in [0.1, 0.15) is 24.0 Å². The summed E-state index contributed by atoms with van der Waals surface area (Å²) in [5, 5.41) is 3.01. The van der Waals surface area contributed by atoms with Crippen molar-refractivity contribution in [3.63, 3.8) is 0 Å². The van der Waals surface area contributed by atoms with Gasteiger partial charge in [-0.1, -0.05) is 6.07 Å². The van der Waals surface area contributed by atoms with Gasteiger partial charge in [-0.25, -0.2) is 0 Å². The highest BCUT2D eigenvalue weighted by Crippen LogP contribution is 2.57. The molecule has 1 amide bonds. The summed E-state index contributed by atoms with van der Waals surface area (Å²) >= 11 is 0. The Kier molecular flexibility index (Phi) is 2.65. The molecule has 3 fully saturated rings. The smallest absolute Gasteiger partial charge is 0.310 e. The Balaban J connectivity index is 1.57. The summed E-state index contributed by atoms with van der Waals surface area (Å²) in [6, 6.07) is 6.01. The van der Waals surface area contributed by atoms with Gasteiger partial charge >= 0.3 is 5.97 Å². The third kappa shape index (κ3) is 1.88. The molecule has 1 aromatic carbocycles. The minimum absolute atomic E-state index is 0.0187. The normalized spacial score (nSPS) is 35.9. The van der Waals surface area contributed by atoms with Crippen LogP contribution in [-0.2, 0) is 14.3 Å². The van der Waals surface area contributed by atoms with Crippen molar-refractivity contribution in [3.05, 3.63) is 29.3 Å². The monoisotopic (exact) mass is 285 g/mol. The second-order valence-electron chi connectivity index (χ2n) is 6.79.